The fourth-order valence-corrected chi connectivity index (χ4v) is 1.02. The van der Waals surface area contributed by atoms with Crippen LogP contribution in [0.1, 0.15) is 33.2 Å². The Balaban J connectivity index is 3.17. The van der Waals surface area contributed by atoms with Crippen LogP contribution >= 0.6 is 0 Å². The quantitative estimate of drug-likeness (QED) is 0.838. The Morgan fingerprint density at radius 2 is 2.22 bits per heavy atom. The molecule has 4 heteroatoms. The molecule has 0 spiro atoms. The highest BCUT2D eigenvalue weighted by Crippen LogP contribution is 2.16. The zero-order valence-electron chi connectivity index (χ0n) is 15.6. The van der Waals surface area contributed by atoms with Gasteiger partial charge in [-0.1, -0.05) is 12.1 Å². The van der Waals surface area contributed by atoms with Crippen LogP contribution in [0.4, 0.5) is 0 Å². The Labute approximate surface area is 115 Å². The molecule has 0 saturated carbocycles. The minimum Gasteiger partial charge on any atom is -0.489 e. The predicted octanol–water partition coefficient (Wildman–Crippen LogP) is 1.69. The molecule has 1 aromatic carbocycles. The summed E-state index contributed by atoms with van der Waals surface area (Å²) in [5.74, 6) is -0.183. The van der Waals surface area contributed by atoms with Crippen molar-refractivity contribution < 1.29 is 16.7 Å². The van der Waals surface area contributed by atoms with Crippen molar-refractivity contribution in [3.8, 4) is 11.8 Å². The molecule has 1 atom stereocenters. The molecule has 0 fully saturated rings. The SMILES string of the molecule is [2H]C([2H])(NC(C)(C)C)C([2H])(O)C([2H])([2H])Oc1ccccc1C#N. The van der Waals surface area contributed by atoms with Crippen LogP contribution in [-0.2, 0) is 0 Å². The second kappa shape index (κ2) is 6.39. The molecule has 0 aliphatic rings. The van der Waals surface area contributed by atoms with Crippen LogP contribution < -0.4 is 10.1 Å². The van der Waals surface area contributed by atoms with Crippen molar-refractivity contribution in [3.05, 3.63) is 29.8 Å². The summed E-state index contributed by atoms with van der Waals surface area (Å²) in [4.78, 5) is 0. The van der Waals surface area contributed by atoms with Gasteiger partial charge in [0.1, 0.15) is 24.5 Å². The number of benzene rings is 1. The third kappa shape index (κ3) is 5.17. The van der Waals surface area contributed by atoms with Gasteiger partial charge in [-0.25, -0.2) is 0 Å². The minimum absolute atomic E-state index is 0.0107. The molecular formula is C14H20N2O2. The number of nitrogens with one attached hydrogen (secondary N) is 1. The number of ether oxygens (including phenoxy) is 1. The highest BCUT2D eigenvalue weighted by Gasteiger charge is 2.13. The standard InChI is InChI=1S/C14H20N2O2/c1-14(2,3)16-9-12(17)10-18-13-7-5-4-6-11(13)8-15/h4-7,12,16-17H,9-10H2,1-3H3/i9D2,10D2,12D. The van der Waals surface area contributed by atoms with Gasteiger partial charge < -0.3 is 15.2 Å². The Bertz CT molecular complexity index is 606. The Morgan fingerprint density at radius 3 is 2.83 bits per heavy atom. The molecular weight excluding hydrogens is 228 g/mol. The zero-order valence-corrected chi connectivity index (χ0v) is 10.6. The highest BCUT2D eigenvalue weighted by atomic mass is 16.5. The lowest BCUT2D eigenvalue weighted by atomic mass is 10.1. The van der Waals surface area contributed by atoms with E-state index >= 15 is 0 Å². The zero-order chi connectivity index (χ0) is 18.1. The second-order valence-electron chi connectivity index (χ2n) is 4.66. The molecule has 0 radical (unpaired) electrons. The molecule has 1 aromatic rings. The molecule has 0 heterocycles. The predicted molar refractivity (Wildman–Crippen MR) is 70.4 cm³/mol. The topological polar surface area (TPSA) is 65.3 Å². The summed E-state index contributed by atoms with van der Waals surface area (Å²) in [5, 5.41) is 21.6. The van der Waals surface area contributed by atoms with Gasteiger partial charge in [0.05, 0.1) is 9.68 Å². The Morgan fingerprint density at radius 1 is 1.56 bits per heavy atom. The molecule has 0 bridgehead atoms. The van der Waals surface area contributed by atoms with E-state index in [1.165, 1.54) is 18.2 Å². The average molecular weight is 253 g/mol. The number of hydrogen-bond acceptors (Lipinski definition) is 4. The number of para-hydroxylation sites is 1. The summed E-state index contributed by atoms with van der Waals surface area (Å²) in [5.41, 5.74) is -0.810. The lowest BCUT2D eigenvalue weighted by Gasteiger charge is -2.23. The Hall–Kier alpha value is -1.57. The van der Waals surface area contributed by atoms with Gasteiger partial charge >= 0.3 is 0 Å². The summed E-state index contributed by atoms with van der Waals surface area (Å²) >= 11 is 0. The normalized spacial score (nSPS) is 20.3. The monoisotopic (exact) mass is 253 g/mol. The van der Waals surface area contributed by atoms with Crippen molar-refractivity contribution in [2.75, 3.05) is 13.1 Å². The number of β-amino-alcohol motifs (C(OH)–C–C–N with tert-alkyl or cyclic N) is 1. The van der Waals surface area contributed by atoms with Crippen LogP contribution in [-0.4, -0.2) is 29.8 Å². The molecule has 98 valence electrons. The first-order valence-corrected chi connectivity index (χ1v) is 5.43. The van der Waals surface area contributed by atoms with Crippen molar-refractivity contribution in [2.24, 2.45) is 0 Å². The molecule has 0 saturated heterocycles. The van der Waals surface area contributed by atoms with E-state index in [1.54, 1.807) is 32.9 Å². The first kappa shape index (κ1) is 8.52. The lowest BCUT2D eigenvalue weighted by molar-refractivity contribution is 0.0999. The average Bonchev–Trinajstić information content (AvgIpc) is 2.35. The van der Waals surface area contributed by atoms with Gasteiger partial charge in [0.2, 0.25) is 0 Å². The van der Waals surface area contributed by atoms with E-state index in [0.717, 1.165) is 0 Å². The second-order valence-corrected chi connectivity index (χ2v) is 4.66. The first-order chi connectivity index (χ1) is 10.2. The van der Waals surface area contributed by atoms with Crippen LogP contribution in [0.5, 0.6) is 5.75 Å². The van der Waals surface area contributed by atoms with Crippen LogP contribution in [0.15, 0.2) is 24.3 Å². The van der Waals surface area contributed by atoms with Crippen molar-refractivity contribution in [1.29, 1.82) is 5.26 Å². The van der Waals surface area contributed by atoms with Crippen molar-refractivity contribution in [1.82, 2.24) is 5.32 Å². The van der Waals surface area contributed by atoms with Crippen LogP contribution in [0.2, 0.25) is 0 Å². The maximum Gasteiger partial charge on any atom is 0.137 e. The smallest absolute Gasteiger partial charge is 0.137 e. The van der Waals surface area contributed by atoms with Gasteiger partial charge in [-0.3, -0.25) is 0 Å². The molecule has 0 aliphatic heterocycles. The van der Waals surface area contributed by atoms with Crippen LogP contribution in [0.25, 0.3) is 0 Å². The lowest BCUT2D eigenvalue weighted by Crippen LogP contribution is -2.42. The van der Waals surface area contributed by atoms with Gasteiger partial charge in [-0.15, -0.1) is 0 Å². The summed E-state index contributed by atoms with van der Waals surface area (Å²) < 4.78 is 44.1. The third-order valence-electron chi connectivity index (χ3n) is 1.82. The van der Waals surface area contributed by atoms with Crippen molar-refractivity contribution in [2.45, 2.75) is 32.4 Å². The van der Waals surface area contributed by atoms with E-state index < -0.39 is 24.7 Å². The molecule has 0 aliphatic carbocycles. The maximum atomic E-state index is 10.2. The van der Waals surface area contributed by atoms with Crippen molar-refractivity contribution >= 4 is 0 Å². The van der Waals surface area contributed by atoms with Gasteiger partial charge in [-0.2, -0.15) is 5.26 Å². The van der Waals surface area contributed by atoms with E-state index in [2.05, 4.69) is 5.32 Å². The maximum absolute atomic E-state index is 10.2. The van der Waals surface area contributed by atoms with Gasteiger partial charge in [0.15, 0.2) is 0 Å². The summed E-state index contributed by atoms with van der Waals surface area (Å²) in [6, 6.07) is 7.54. The van der Waals surface area contributed by atoms with Gasteiger partial charge in [-0.05, 0) is 32.9 Å². The molecule has 4 nitrogen and oxygen atoms in total. The van der Waals surface area contributed by atoms with Crippen LogP contribution in [0.3, 0.4) is 0 Å². The molecule has 18 heavy (non-hydrogen) atoms. The van der Waals surface area contributed by atoms with E-state index in [1.807, 2.05) is 0 Å². The summed E-state index contributed by atoms with van der Waals surface area (Å²) in [7, 11) is 0. The fourth-order valence-electron chi connectivity index (χ4n) is 1.02. The van der Waals surface area contributed by atoms with Crippen LogP contribution in [0, 0.1) is 11.3 Å². The van der Waals surface area contributed by atoms with E-state index in [4.69, 9.17) is 16.9 Å². The summed E-state index contributed by atoms with van der Waals surface area (Å²) in [6.45, 7) is -1.11. The number of rotatable bonds is 5. The fraction of sp³-hybridized carbons (Fsp3) is 0.500. The number of aliphatic hydroxyl groups is 1. The minimum atomic E-state index is -3.28. The molecule has 1 unspecified atom stereocenters. The molecule has 0 amide bonds. The Kier molecular flexibility index (Phi) is 3.02. The van der Waals surface area contributed by atoms with E-state index in [9.17, 15) is 5.11 Å². The number of nitrogens with zero attached hydrogens (tertiary/aromatic N) is 1. The molecule has 0 aromatic heterocycles. The summed E-state index contributed by atoms with van der Waals surface area (Å²) in [6.07, 6.45) is -3.28. The van der Waals surface area contributed by atoms with Gasteiger partial charge in [0, 0.05) is 14.8 Å². The number of nitriles is 1. The van der Waals surface area contributed by atoms with E-state index in [0.29, 0.717) is 0 Å². The van der Waals surface area contributed by atoms with E-state index in [-0.39, 0.29) is 11.3 Å². The molecule has 1 rings (SSSR count). The highest BCUT2D eigenvalue weighted by molar-refractivity contribution is 5.42. The van der Waals surface area contributed by atoms with Gasteiger partial charge in [0.25, 0.3) is 0 Å². The largest absolute Gasteiger partial charge is 0.489 e. The first-order valence-electron chi connectivity index (χ1n) is 7.93. The van der Waals surface area contributed by atoms with Crippen molar-refractivity contribution in [3.63, 3.8) is 0 Å². The number of hydrogen-bond donors (Lipinski definition) is 2. The third-order valence-corrected chi connectivity index (χ3v) is 1.82. The molecule has 2 N–H and O–H groups in total.